The third kappa shape index (κ3) is 5.95. The summed E-state index contributed by atoms with van der Waals surface area (Å²) in [5.41, 5.74) is 5.59. The number of aromatic nitrogens is 1. The molecule has 2 aromatic carbocycles. The van der Waals surface area contributed by atoms with Crippen molar-refractivity contribution >= 4 is 23.4 Å². The Balaban J connectivity index is 1.72. The van der Waals surface area contributed by atoms with Crippen molar-refractivity contribution in [2.45, 2.75) is 20.8 Å². The topological polar surface area (TPSA) is 112 Å². The van der Waals surface area contributed by atoms with Crippen LogP contribution in [0.15, 0.2) is 47.0 Å². The van der Waals surface area contributed by atoms with Gasteiger partial charge in [0.25, 0.3) is 11.8 Å². The van der Waals surface area contributed by atoms with Gasteiger partial charge in [-0.1, -0.05) is 16.8 Å². The molecule has 0 spiro atoms. The van der Waals surface area contributed by atoms with Crippen LogP contribution in [0.2, 0.25) is 5.02 Å². The lowest BCUT2D eigenvalue weighted by molar-refractivity contribution is 0.0841. The van der Waals surface area contributed by atoms with E-state index in [9.17, 15) is 9.59 Å². The van der Waals surface area contributed by atoms with Crippen LogP contribution in [-0.2, 0) is 0 Å². The van der Waals surface area contributed by atoms with E-state index in [1.54, 1.807) is 24.3 Å². The number of hydrazine groups is 1. The molecule has 0 fully saturated rings. The van der Waals surface area contributed by atoms with Crippen LogP contribution in [0.1, 0.15) is 41.6 Å². The Morgan fingerprint density at radius 2 is 1.45 bits per heavy atom. The molecule has 0 aliphatic carbocycles. The molecule has 0 aliphatic rings. The first-order valence-corrected chi connectivity index (χ1v) is 10.7. The molecule has 0 saturated carbocycles. The second-order valence-corrected chi connectivity index (χ2v) is 7.03. The number of nitrogens with zero attached hydrogens (tertiary/aromatic N) is 1. The molecular weight excluding hydrogens is 450 g/mol. The zero-order valence-electron chi connectivity index (χ0n) is 18.4. The summed E-state index contributed by atoms with van der Waals surface area (Å²) >= 11 is 5.88. The maximum absolute atomic E-state index is 12.7. The van der Waals surface area contributed by atoms with E-state index in [2.05, 4.69) is 16.0 Å². The Morgan fingerprint density at radius 1 is 0.879 bits per heavy atom. The summed E-state index contributed by atoms with van der Waals surface area (Å²) in [4.78, 5) is 25.1. The van der Waals surface area contributed by atoms with Crippen LogP contribution in [0.5, 0.6) is 17.2 Å². The highest BCUT2D eigenvalue weighted by atomic mass is 35.5. The van der Waals surface area contributed by atoms with Crippen LogP contribution in [-0.4, -0.2) is 36.8 Å². The summed E-state index contributed by atoms with van der Waals surface area (Å²) in [5.74, 6) is 0.316. The molecule has 33 heavy (non-hydrogen) atoms. The van der Waals surface area contributed by atoms with E-state index in [-0.39, 0.29) is 11.3 Å². The highest BCUT2D eigenvalue weighted by Gasteiger charge is 2.20. The SMILES string of the molecule is CCOc1cc(C(=O)NNC(=O)c2cc(-c3ccc(Cl)cc3)on2)cc(OCC)c1OCC. The molecule has 0 aliphatic heterocycles. The number of ether oxygens (including phenoxy) is 3. The van der Waals surface area contributed by atoms with Gasteiger partial charge in [0.2, 0.25) is 5.75 Å². The number of hydrogen-bond acceptors (Lipinski definition) is 7. The lowest BCUT2D eigenvalue weighted by Gasteiger charge is -2.17. The largest absolute Gasteiger partial charge is 0.490 e. The van der Waals surface area contributed by atoms with Crippen molar-refractivity contribution in [3.8, 4) is 28.6 Å². The first-order valence-electron chi connectivity index (χ1n) is 10.4. The summed E-state index contributed by atoms with van der Waals surface area (Å²) < 4.78 is 22.1. The molecule has 2 amide bonds. The minimum absolute atomic E-state index is 0.00282. The van der Waals surface area contributed by atoms with Gasteiger partial charge in [-0.3, -0.25) is 20.4 Å². The van der Waals surface area contributed by atoms with Gasteiger partial charge < -0.3 is 18.7 Å². The van der Waals surface area contributed by atoms with E-state index in [0.717, 1.165) is 0 Å². The Labute approximate surface area is 195 Å². The Kier molecular flexibility index (Phi) is 8.15. The first kappa shape index (κ1) is 23.9. The monoisotopic (exact) mass is 473 g/mol. The van der Waals surface area contributed by atoms with Gasteiger partial charge in [-0.15, -0.1) is 0 Å². The van der Waals surface area contributed by atoms with Gasteiger partial charge in [-0.05, 0) is 57.2 Å². The molecule has 0 radical (unpaired) electrons. The summed E-state index contributed by atoms with van der Waals surface area (Å²) in [6, 6.07) is 11.4. The number of benzene rings is 2. The maximum Gasteiger partial charge on any atom is 0.291 e. The number of nitrogens with one attached hydrogen (secondary N) is 2. The molecule has 1 heterocycles. The summed E-state index contributed by atoms with van der Waals surface area (Å²) in [6.07, 6.45) is 0. The smallest absolute Gasteiger partial charge is 0.291 e. The average Bonchev–Trinajstić information content (AvgIpc) is 3.30. The van der Waals surface area contributed by atoms with Crippen molar-refractivity contribution in [3.05, 3.63) is 58.7 Å². The number of amides is 2. The number of hydrogen-bond donors (Lipinski definition) is 2. The highest BCUT2D eigenvalue weighted by molar-refractivity contribution is 6.30. The van der Waals surface area contributed by atoms with Gasteiger partial charge in [0.1, 0.15) is 0 Å². The fraction of sp³-hybridized carbons (Fsp3) is 0.261. The third-order valence-electron chi connectivity index (χ3n) is 4.33. The van der Waals surface area contributed by atoms with Gasteiger partial charge in [0.15, 0.2) is 23.0 Å². The summed E-state index contributed by atoms with van der Waals surface area (Å²) in [5, 5.41) is 4.32. The van der Waals surface area contributed by atoms with E-state index in [1.807, 2.05) is 20.8 Å². The molecule has 3 aromatic rings. The number of carbonyl (C=O) groups is 2. The summed E-state index contributed by atoms with van der Waals surface area (Å²) in [7, 11) is 0. The van der Waals surface area contributed by atoms with E-state index in [4.69, 9.17) is 30.3 Å². The number of rotatable bonds is 9. The van der Waals surface area contributed by atoms with Gasteiger partial charge in [-0.25, -0.2) is 0 Å². The molecule has 10 heteroatoms. The van der Waals surface area contributed by atoms with Crippen molar-refractivity contribution in [1.82, 2.24) is 16.0 Å². The standard InChI is InChI=1S/C23H24ClN3O6/c1-4-30-19-11-15(12-20(31-5-2)21(19)32-6-3)22(28)25-26-23(29)17-13-18(33-27-17)14-7-9-16(24)10-8-14/h7-13H,4-6H2,1-3H3,(H,25,28)(H,26,29). The molecule has 9 nitrogen and oxygen atoms in total. The summed E-state index contributed by atoms with van der Waals surface area (Å²) in [6.45, 7) is 6.62. The van der Waals surface area contributed by atoms with Crippen LogP contribution in [0, 0.1) is 0 Å². The molecule has 0 atom stereocenters. The van der Waals surface area contributed by atoms with Crippen molar-refractivity contribution in [1.29, 1.82) is 0 Å². The Bertz CT molecular complexity index is 1090. The van der Waals surface area contributed by atoms with Crippen molar-refractivity contribution in [3.63, 3.8) is 0 Å². The van der Waals surface area contributed by atoms with Crippen LogP contribution < -0.4 is 25.1 Å². The minimum atomic E-state index is -0.645. The maximum atomic E-state index is 12.7. The van der Waals surface area contributed by atoms with Crippen molar-refractivity contribution < 1.29 is 28.3 Å². The highest BCUT2D eigenvalue weighted by Crippen LogP contribution is 2.39. The molecule has 3 rings (SSSR count). The molecule has 0 bridgehead atoms. The fourth-order valence-electron chi connectivity index (χ4n) is 2.90. The quantitative estimate of drug-likeness (QED) is 0.446. The van der Waals surface area contributed by atoms with Gasteiger partial charge in [0, 0.05) is 22.2 Å². The molecule has 2 N–H and O–H groups in total. The van der Waals surface area contributed by atoms with Crippen LogP contribution >= 0.6 is 11.6 Å². The molecule has 174 valence electrons. The van der Waals surface area contributed by atoms with Crippen LogP contribution in [0.25, 0.3) is 11.3 Å². The number of halogens is 1. The van der Waals surface area contributed by atoms with Crippen LogP contribution in [0.3, 0.4) is 0 Å². The van der Waals surface area contributed by atoms with Crippen molar-refractivity contribution in [2.75, 3.05) is 19.8 Å². The lowest BCUT2D eigenvalue weighted by Crippen LogP contribution is -2.41. The number of carbonyl (C=O) groups excluding carboxylic acids is 2. The Morgan fingerprint density at radius 3 is 2.03 bits per heavy atom. The molecule has 0 saturated heterocycles. The average molecular weight is 474 g/mol. The predicted octanol–water partition coefficient (Wildman–Crippen LogP) is 4.27. The molecule has 1 aromatic heterocycles. The minimum Gasteiger partial charge on any atom is -0.490 e. The second-order valence-electron chi connectivity index (χ2n) is 6.59. The van der Waals surface area contributed by atoms with E-state index in [0.29, 0.717) is 53.4 Å². The molecule has 0 unspecified atom stereocenters. The normalized spacial score (nSPS) is 10.4. The predicted molar refractivity (Wildman–Crippen MR) is 122 cm³/mol. The Hall–Kier alpha value is -3.72. The fourth-order valence-corrected chi connectivity index (χ4v) is 3.03. The van der Waals surface area contributed by atoms with Gasteiger partial charge in [0.05, 0.1) is 19.8 Å². The van der Waals surface area contributed by atoms with E-state index < -0.39 is 11.8 Å². The second kappa shape index (κ2) is 11.2. The van der Waals surface area contributed by atoms with Crippen molar-refractivity contribution in [2.24, 2.45) is 0 Å². The van der Waals surface area contributed by atoms with Crippen LogP contribution in [0.4, 0.5) is 0 Å². The first-order chi connectivity index (χ1) is 16.0. The van der Waals surface area contributed by atoms with Gasteiger partial charge >= 0.3 is 0 Å². The van der Waals surface area contributed by atoms with E-state index >= 15 is 0 Å². The van der Waals surface area contributed by atoms with Gasteiger partial charge in [-0.2, -0.15) is 0 Å². The zero-order chi connectivity index (χ0) is 23.8. The third-order valence-corrected chi connectivity index (χ3v) is 4.58. The van der Waals surface area contributed by atoms with E-state index in [1.165, 1.54) is 18.2 Å². The molecular formula is C23H24ClN3O6. The zero-order valence-corrected chi connectivity index (χ0v) is 19.2. The lowest BCUT2D eigenvalue weighted by atomic mass is 10.1.